The van der Waals surface area contributed by atoms with Crippen molar-refractivity contribution in [2.24, 2.45) is 5.73 Å². The maximum Gasteiger partial charge on any atom is 0.410 e. The SMILES string of the molecule is CCC(C)(C)N(C(=O)OCC1c2ccccc2-c2ccccc21)[C@@H](CCC(=O)O)C(N)=O. The van der Waals surface area contributed by atoms with E-state index in [0.29, 0.717) is 6.42 Å². The van der Waals surface area contributed by atoms with Crippen LogP contribution in [0.2, 0.25) is 0 Å². The van der Waals surface area contributed by atoms with Gasteiger partial charge in [0, 0.05) is 17.9 Å². The summed E-state index contributed by atoms with van der Waals surface area (Å²) in [6, 6.07) is 15.0. The highest BCUT2D eigenvalue weighted by Gasteiger charge is 2.40. The van der Waals surface area contributed by atoms with Gasteiger partial charge in [0.05, 0.1) is 0 Å². The van der Waals surface area contributed by atoms with Crippen LogP contribution >= 0.6 is 0 Å². The Hall–Kier alpha value is -3.35. The standard InChI is InChI=1S/C25H30N2O5/c1-4-25(2,3)27(21(23(26)30)13-14-22(28)29)24(31)32-15-20-18-11-7-5-9-16(18)17-10-6-8-12-19(17)20/h5-12,20-21H,4,13-15H2,1-3H3,(H2,26,30)(H,28,29)/t21-/m0/s1. The van der Waals surface area contributed by atoms with E-state index < -0.39 is 29.6 Å². The van der Waals surface area contributed by atoms with Crippen LogP contribution in [-0.4, -0.2) is 46.2 Å². The first kappa shape index (κ1) is 23.3. The van der Waals surface area contributed by atoms with Crippen LogP contribution in [-0.2, 0) is 14.3 Å². The van der Waals surface area contributed by atoms with Crippen molar-refractivity contribution in [3.63, 3.8) is 0 Å². The molecule has 0 fully saturated rings. The molecule has 0 aliphatic heterocycles. The number of carbonyl (C=O) groups is 3. The largest absolute Gasteiger partial charge is 0.481 e. The van der Waals surface area contributed by atoms with E-state index in [2.05, 4.69) is 12.1 Å². The summed E-state index contributed by atoms with van der Waals surface area (Å²) in [6.07, 6.45) is -0.486. The van der Waals surface area contributed by atoms with Gasteiger partial charge in [-0.3, -0.25) is 14.5 Å². The first-order valence-corrected chi connectivity index (χ1v) is 10.8. The molecule has 3 rings (SSSR count). The number of carboxylic acids is 1. The lowest BCUT2D eigenvalue weighted by Gasteiger charge is -2.41. The molecule has 170 valence electrons. The third kappa shape index (κ3) is 4.61. The van der Waals surface area contributed by atoms with Crippen molar-refractivity contribution in [2.45, 2.75) is 57.5 Å². The van der Waals surface area contributed by atoms with Gasteiger partial charge in [0.1, 0.15) is 12.6 Å². The summed E-state index contributed by atoms with van der Waals surface area (Å²) in [6.45, 7) is 5.61. The Morgan fingerprint density at radius 2 is 1.59 bits per heavy atom. The molecule has 0 heterocycles. The number of hydrogen-bond donors (Lipinski definition) is 2. The Labute approximate surface area is 188 Å². The van der Waals surface area contributed by atoms with Crippen molar-refractivity contribution in [2.75, 3.05) is 6.61 Å². The Morgan fingerprint density at radius 1 is 1.06 bits per heavy atom. The second-order valence-electron chi connectivity index (χ2n) is 8.69. The highest BCUT2D eigenvalue weighted by molar-refractivity contribution is 5.85. The average Bonchev–Trinajstić information content (AvgIpc) is 3.08. The molecule has 2 aromatic carbocycles. The molecule has 1 aliphatic carbocycles. The fourth-order valence-electron chi connectivity index (χ4n) is 4.29. The second-order valence-corrected chi connectivity index (χ2v) is 8.69. The number of fused-ring (bicyclic) bond motifs is 3. The molecule has 0 saturated carbocycles. The molecule has 1 aliphatic rings. The molecular formula is C25H30N2O5. The number of carbonyl (C=O) groups excluding carboxylic acids is 2. The molecule has 7 heteroatoms. The predicted octanol–water partition coefficient (Wildman–Crippen LogP) is 4.14. The Morgan fingerprint density at radius 3 is 2.06 bits per heavy atom. The van der Waals surface area contributed by atoms with Crippen molar-refractivity contribution >= 4 is 18.0 Å². The maximum atomic E-state index is 13.3. The van der Waals surface area contributed by atoms with Gasteiger partial charge in [-0.2, -0.15) is 0 Å². The molecule has 0 unspecified atom stereocenters. The fourth-order valence-corrected chi connectivity index (χ4v) is 4.29. The van der Waals surface area contributed by atoms with E-state index in [4.69, 9.17) is 15.6 Å². The van der Waals surface area contributed by atoms with Crippen LogP contribution < -0.4 is 5.73 Å². The van der Waals surface area contributed by atoms with E-state index in [1.165, 1.54) is 4.90 Å². The normalized spacial score (nSPS) is 13.7. The van der Waals surface area contributed by atoms with Crippen molar-refractivity contribution in [3.05, 3.63) is 59.7 Å². The molecule has 3 N–H and O–H groups in total. The van der Waals surface area contributed by atoms with E-state index in [9.17, 15) is 14.4 Å². The summed E-state index contributed by atoms with van der Waals surface area (Å²) >= 11 is 0. The number of primary amides is 1. The maximum absolute atomic E-state index is 13.3. The molecule has 0 saturated heterocycles. The summed E-state index contributed by atoms with van der Waals surface area (Å²) in [7, 11) is 0. The molecule has 0 spiro atoms. The molecule has 2 amide bonds. The summed E-state index contributed by atoms with van der Waals surface area (Å²) in [4.78, 5) is 37.9. The van der Waals surface area contributed by atoms with Crippen molar-refractivity contribution < 1.29 is 24.2 Å². The molecular weight excluding hydrogens is 408 g/mol. The Kier molecular flexibility index (Phi) is 6.87. The number of rotatable bonds is 9. The van der Waals surface area contributed by atoms with Crippen LogP contribution in [0.4, 0.5) is 4.79 Å². The van der Waals surface area contributed by atoms with E-state index in [1.807, 2.05) is 57.2 Å². The van der Waals surface area contributed by atoms with Crippen LogP contribution in [0.3, 0.4) is 0 Å². The zero-order valence-corrected chi connectivity index (χ0v) is 18.7. The van der Waals surface area contributed by atoms with E-state index in [1.54, 1.807) is 0 Å². The van der Waals surface area contributed by atoms with Crippen LogP contribution in [0, 0.1) is 0 Å². The second kappa shape index (κ2) is 9.42. The van der Waals surface area contributed by atoms with E-state index in [0.717, 1.165) is 22.3 Å². The molecule has 0 bridgehead atoms. The van der Waals surface area contributed by atoms with Gasteiger partial charge in [0.2, 0.25) is 5.91 Å². The van der Waals surface area contributed by atoms with Gasteiger partial charge in [-0.15, -0.1) is 0 Å². The quantitative estimate of drug-likeness (QED) is 0.611. The van der Waals surface area contributed by atoms with Crippen molar-refractivity contribution in [1.29, 1.82) is 0 Å². The minimum atomic E-state index is -1.07. The number of carboxylic acid groups (broad SMARTS) is 1. The van der Waals surface area contributed by atoms with E-state index in [-0.39, 0.29) is 25.4 Å². The first-order valence-electron chi connectivity index (χ1n) is 10.8. The monoisotopic (exact) mass is 438 g/mol. The van der Waals surface area contributed by atoms with E-state index >= 15 is 0 Å². The summed E-state index contributed by atoms with van der Waals surface area (Å²) in [5.41, 5.74) is 9.23. The minimum Gasteiger partial charge on any atom is -0.481 e. The smallest absolute Gasteiger partial charge is 0.410 e. The summed E-state index contributed by atoms with van der Waals surface area (Å²) < 4.78 is 5.76. The number of aliphatic carboxylic acids is 1. The number of hydrogen-bond acceptors (Lipinski definition) is 4. The molecule has 32 heavy (non-hydrogen) atoms. The molecule has 2 aromatic rings. The molecule has 0 aromatic heterocycles. The van der Waals surface area contributed by atoms with Gasteiger partial charge in [-0.1, -0.05) is 55.5 Å². The highest BCUT2D eigenvalue weighted by atomic mass is 16.6. The number of nitrogens with two attached hydrogens (primary N) is 1. The minimum absolute atomic E-state index is 0.0711. The Bertz CT molecular complexity index is 971. The zero-order chi connectivity index (χ0) is 23.5. The van der Waals surface area contributed by atoms with Crippen LogP contribution in [0.15, 0.2) is 48.5 Å². The summed E-state index contributed by atoms with van der Waals surface area (Å²) in [5.74, 6) is -1.93. The van der Waals surface area contributed by atoms with Gasteiger partial charge < -0.3 is 15.6 Å². The number of nitrogens with zero attached hydrogens (tertiary/aromatic N) is 1. The lowest BCUT2D eigenvalue weighted by molar-refractivity contribution is -0.138. The lowest BCUT2D eigenvalue weighted by atomic mass is 9.95. The Balaban J connectivity index is 1.86. The van der Waals surface area contributed by atoms with Crippen molar-refractivity contribution in [3.8, 4) is 11.1 Å². The van der Waals surface area contributed by atoms with Gasteiger partial charge in [-0.25, -0.2) is 4.79 Å². The van der Waals surface area contributed by atoms with Crippen LogP contribution in [0.25, 0.3) is 11.1 Å². The third-order valence-corrected chi connectivity index (χ3v) is 6.32. The first-order chi connectivity index (χ1) is 15.2. The van der Waals surface area contributed by atoms with Crippen molar-refractivity contribution in [1.82, 2.24) is 4.90 Å². The number of ether oxygens (including phenoxy) is 1. The van der Waals surface area contributed by atoms with Gasteiger partial charge in [0.25, 0.3) is 0 Å². The topological polar surface area (TPSA) is 110 Å². The number of amides is 2. The fraction of sp³-hybridized carbons (Fsp3) is 0.400. The molecule has 1 atom stereocenters. The zero-order valence-electron chi connectivity index (χ0n) is 18.7. The number of benzene rings is 2. The van der Waals surface area contributed by atoms with Gasteiger partial charge >= 0.3 is 12.1 Å². The van der Waals surface area contributed by atoms with Crippen LogP contribution in [0.1, 0.15) is 57.1 Å². The molecule has 0 radical (unpaired) electrons. The molecule has 7 nitrogen and oxygen atoms in total. The van der Waals surface area contributed by atoms with Crippen LogP contribution in [0.5, 0.6) is 0 Å². The van der Waals surface area contributed by atoms with Gasteiger partial charge in [0.15, 0.2) is 0 Å². The summed E-state index contributed by atoms with van der Waals surface area (Å²) in [5, 5.41) is 9.07. The lowest BCUT2D eigenvalue weighted by Crippen LogP contribution is -2.57. The third-order valence-electron chi connectivity index (χ3n) is 6.32. The predicted molar refractivity (Wildman–Crippen MR) is 121 cm³/mol. The average molecular weight is 439 g/mol. The highest BCUT2D eigenvalue weighted by Crippen LogP contribution is 2.44. The van der Waals surface area contributed by atoms with Gasteiger partial charge in [-0.05, 0) is 48.9 Å².